The van der Waals surface area contributed by atoms with E-state index in [9.17, 15) is 4.39 Å². The fourth-order valence-corrected chi connectivity index (χ4v) is 2.25. The molecular formula is C18H22FN. The predicted molar refractivity (Wildman–Crippen MR) is 82.3 cm³/mol. The monoisotopic (exact) mass is 271 g/mol. The van der Waals surface area contributed by atoms with E-state index in [4.69, 9.17) is 0 Å². The molecule has 0 aliphatic heterocycles. The van der Waals surface area contributed by atoms with Gasteiger partial charge in [-0.2, -0.15) is 0 Å². The summed E-state index contributed by atoms with van der Waals surface area (Å²) >= 11 is 0. The van der Waals surface area contributed by atoms with Crippen molar-refractivity contribution in [1.29, 1.82) is 0 Å². The Kier molecular flexibility index (Phi) is 5.31. The summed E-state index contributed by atoms with van der Waals surface area (Å²) in [5, 5.41) is 3.38. The second-order valence-corrected chi connectivity index (χ2v) is 5.36. The Hall–Kier alpha value is -1.67. The van der Waals surface area contributed by atoms with Gasteiger partial charge in [-0.1, -0.05) is 49.4 Å². The van der Waals surface area contributed by atoms with Crippen molar-refractivity contribution in [3.05, 3.63) is 71.0 Å². The summed E-state index contributed by atoms with van der Waals surface area (Å²) in [5.41, 5.74) is 3.07. The minimum atomic E-state index is -0.123. The molecule has 0 aromatic heterocycles. The zero-order valence-corrected chi connectivity index (χ0v) is 12.2. The number of hydrogen-bond acceptors (Lipinski definition) is 1. The van der Waals surface area contributed by atoms with Crippen LogP contribution in [0.3, 0.4) is 0 Å². The van der Waals surface area contributed by atoms with Crippen molar-refractivity contribution in [1.82, 2.24) is 5.32 Å². The number of hydrogen-bond donors (Lipinski definition) is 1. The average Bonchev–Trinajstić information content (AvgIpc) is 2.48. The molecule has 1 unspecified atom stereocenters. The number of halogens is 1. The molecule has 0 radical (unpaired) electrons. The fraction of sp³-hybridized carbons (Fsp3) is 0.333. The number of rotatable bonds is 6. The van der Waals surface area contributed by atoms with Crippen LogP contribution in [0.5, 0.6) is 0 Å². The molecule has 2 rings (SSSR count). The molecule has 2 aromatic carbocycles. The molecule has 0 saturated heterocycles. The molecule has 20 heavy (non-hydrogen) atoms. The SMILES string of the molecule is Cc1ccc(CNCCC(C)c2ccccc2)cc1F. The smallest absolute Gasteiger partial charge is 0.126 e. The van der Waals surface area contributed by atoms with Crippen molar-refractivity contribution >= 4 is 0 Å². The lowest BCUT2D eigenvalue weighted by Gasteiger charge is -2.12. The first kappa shape index (κ1) is 14.7. The molecule has 2 heteroatoms. The fourth-order valence-electron chi connectivity index (χ4n) is 2.25. The maximum Gasteiger partial charge on any atom is 0.126 e. The molecule has 106 valence electrons. The van der Waals surface area contributed by atoms with E-state index in [1.165, 1.54) is 5.56 Å². The van der Waals surface area contributed by atoms with Crippen LogP contribution in [0.2, 0.25) is 0 Å². The van der Waals surface area contributed by atoms with Gasteiger partial charge >= 0.3 is 0 Å². The van der Waals surface area contributed by atoms with Gasteiger partial charge in [0, 0.05) is 6.54 Å². The van der Waals surface area contributed by atoms with Crippen LogP contribution in [0.25, 0.3) is 0 Å². The highest BCUT2D eigenvalue weighted by Gasteiger charge is 2.04. The van der Waals surface area contributed by atoms with Gasteiger partial charge in [0.15, 0.2) is 0 Å². The van der Waals surface area contributed by atoms with E-state index in [-0.39, 0.29) is 5.82 Å². The maximum atomic E-state index is 13.4. The predicted octanol–water partition coefficient (Wildman–Crippen LogP) is 4.42. The highest BCUT2D eigenvalue weighted by molar-refractivity contribution is 5.23. The van der Waals surface area contributed by atoms with Gasteiger partial charge < -0.3 is 5.32 Å². The Morgan fingerprint density at radius 3 is 2.55 bits per heavy atom. The third kappa shape index (κ3) is 4.17. The Morgan fingerprint density at radius 2 is 1.85 bits per heavy atom. The zero-order valence-electron chi connectivity index (χ0n) is 12.2. The van der Waals surface area contributed by atoms with Gasteiger partial charge in [0.2, 0.25) is 0 Å². The lowest BCUT2D eigenvalue weighted by molar-refractivity contribution is 0.587. The quantitative estimate of drug-likeness (QED) is 0.767. The molecule has 1 N–H and O–H groups in total. The normalized spacial score (nSPS) is 12.3. The molecular weight excluding hydrogens is 249 g/mol. The summed E-state index contributed by atoms with van der Waals surface area (Å²) in [4.78, 5) is 0. The maximum absolute atomic E-state index is 13.4. The minimum Gasteiger partial charge on any atom is -0.313 e. The van der Waals surface area contributed by atoms with Crippen LogP contribution in [0.4, 0.5) is 4.39 Å². The molecule has 0 saturated carbocycles. The summed E-state index contributed by atoms with van der Waals surface area (Å²) in [6, 6.07) is 16.0. The highest BCUT2D eigenvalue weighted by Crippen LogP contribution is 2.17. The van der Waals surface area contributed by atoms with Gasteiger partial charge in [0.1, 0.15) is 5.82 Å². The topological polar surface area (TPSA) is 12.0 Å². The second-order valence-electron chi connectivity index (χ2n) is 5.36. The van der Waals surface area contributed by atoms with Crippen molar-refractivity contribution < 1.29 is 4.39 Å². The van der Waals surface area contributed by atoms with Crippen molar-refractivity contribution in [3.8, 4) is 0 Å². The highest BCUT2D eigenvalue weighted by atomic mass is 19.1. The summed E-state index contributed by atoms with van der Waals surface area (Å²) in [6.45, 7) is 5.68. The first-order valence-electron chi connectivity index (χ1n) is 7.17. The van der Waals surface area contributed by atoms with E-state index in [2.05, 4.69) is 36.5 Å². The van der Waals surface area contributed by atoms with Gasteiger partial charge in [-0.15, -0.1) is 0 Å². The van der Waals surface area contributed by atoms with Crippen LogP contribution in [0, 0.1) is 12.7 Å². The third-order valence-corrected chi connectivity index (χ3v) is 3.69. The van der Waals surface area contributed by atoms with Gasteiger partial charge in [0.05, 0.1) is 0 Å². The molecule has 1 nitrogen and oxygen atoms in total. The van der Waals surface area contributed by atoms with Crippen LogP contribution < -0.4 is 5.32 Å². The summed E-state index contributed by atoms with van der Waals surface area (Å²) in [6.07, 6.45) is 1.08. The van der Waals surface area contributed by atoms with Crippen molar-refractivity contribution in [2.45, 2.75) is 32.7 Å². The average molecular weight is 271 g/mol. The molecule has 2 aromatic rings. The van der Waals surface area contributed by atoms with E-state index in [1.807, 2.05) is 18.2 Å². The summed E-state index contributed by atoms with van der Waals surface area (Å²) in [7, 11) is 0. The lowest BCUT2D eigenvalue weighted by atomic mass is 9.98. The van der Waals surface area contributed by atoms with E-state index >= 15 is 0 Å². The minimum absolute atomic E-state index is 0.123. The van der Waals surface area contributed by atoms with E-state index in [0.717, 1.165) is 25.1 Å². The van der Waals surface area contributed by atoms with Crippen LogP contribution in [-0.4, -0.2) is 6.54 Å². The zero-order chi connectivity index (χ0) is 14.4. The molecule has 0 aliphatic carbocycles. The van der Waals surface area contributed by atoms with E-state index < -0.39 is 0 Å². The van der Waals surface area contributed by atoms with E-state index in [1.54, 1.807) is 13.0 Å². The second kappa shape index (κ2) is 7.20. The Bertz CT molecular complexity index is 536. The largest absolute Gasteiger partial charge is 0.313 e. The van der Waals surface area contributed by atoms with Gasteiger partial charge in [0.25, 0.3) is 0 Å². The number of aryl methyl sites for hydroxylation is 1. The first-order valence-corrected chi connectivity index (χ1v) is 7.17. The van der Waals surface area contributed by atoms with Crippen molar-refractivity contribution in [3.63, 3.8) is 0 Å². The standard InChI is InChI=1S/C18H22FN/c1-14(17-6-4-3-5-7-17)10-11-20-13-16-9-8-15(2)18(19)12-16/h3-9,12,14,20H,10-11,13H2,1-2H3. The van der Waals surface area contributed by atoms with Gasteiger partial charge in [-0.3, -0.25) is 0 Å². The molecule has 0 spiro atoms. The number of nitrogens with one attached hydrogen (secondary N) is 1. The van der Waals surface area contributed by atoms with E-state index in [0.29, 0.717) is 11.5 Å². The first-order chi connectivity index (χ1) is 9.66. The molecule has 0 amide bonds. The molecule has 0 aliphatic rings. The van der Waals surface area contributed by atoms with Gasteiger partial charge in [-0.25, -0.2) is 4.39 Å². The molecule has 0 heterocycles. The number of benzene rings is 2. The van der Waals surface area contributed by atoms with Crippen LogP contribution in [0.1, 0.15) is 36.0 Å². The third-order valence-electron chi connectivity index (χ3n) is 3.69. The van der Waals surface area contributed by atoms with Crippen molar-refractivity contribution in [2.24, 2.45) is 0 Å². The summed E-state index contributed by atoms with van der Waals surface area (Å²) in [5.74, 6) is 0.417. The summed E-state index contributed by atoms with van der Waals surface area (Å²) < 4.78 is 13.4. The van der Waals surface area contributed by atoms with Crippen LogP contribution >= 0.6 is 0 Å². The molecule has 1 atom stereocenters. The van der Waals surface area contributed by atoms with Crippen LogP contribution in [0.15, 0.2) is 48.5 Å². The van der Waals surface area contributed by atoms with Crippen LogP contribution in [-0.2, 0) is 6.54 Å². The Balaban J connectivity index is 1.75. The van der Waals surface area contributed by atoms with Gasteiger partial charge in [-0.05, 0) is 48.6 Å². The Labute approximate surface area is 120 Å². The van der Waals surface area contributed by atoms with Crippen molar-refractivity contribution in [2.75, 3.05) is 6.54 Å². The molecule has 0 bridgehead atoms. The molecule has 0 fully saturated rings. The Morgan fingerprint density at radius 1 is 1.10 bits per heavy atom. The lowest BCUT2D eigenvalue weighted by Crippen LogP contribution is -2.16.